The van der Waals surface area contributed by atoms with E-state index < -0.39 is 0 Å². The number of hydrogen-bond donors (Lipinski definition) is 0. The molecule has 0 saturated heterocycles. The van der Waals surface area contributed by atoms with Gasteiger partial charge in [-0.1, -0.05) is 0 Å². The minimum absolute atomic E-state index is 0.405. The van der Waals surface area contributed by atoms with E-state index in [1.807, 2.05) is 12.4 Å². The highest BCUT2D eigenvalue weighted by Crippen LogP contribution is 2.26. The van der Waals surface area contributed by atoms with E-state index >= 15 is 0 Å². The highest BCUT2D eigenvalue weighted by molar-refractivity contribution is 7.03. The molecule has 0 fully saturated rings. The lowest BCUT2D eigenvalue weighted by Gasteiger charge is -2.13. The number of aromatic nitrogens is 1. The fourth-order valence-corrected chi connectivity index (χ4v) is 1.89. The third kappa shape index (κ3) is 1.48. The van der Waals surface area contributed by atoms with Crippen molar-refractivity contribution in [3.63, 3.8) is 0 Å². The number of hydrogen-bond acceptors (Lipinski definition) is 3. The van der Waals surface area contributed by atoms with Crippen LogP contribution in [-0.4, -0.2) is 10.6 Å². The van der Waals surface area contributed by atoms with E-state index in [4.69, 9.17) is 0 Å². The van der Waals surface area contributed by atoms with Crippen LogP contribution in [0.1, 0.15) is 30.9 Å². The van der Waals surface area contributed by atoms with Gasteiger partial charge >= 0.3 is 0 Å². The molecule has 0 aliphatic carbocycles. The van der Waals surface area contributed by atoms with Crippen molar-refractivity contribution < 1.29 is 0 Å². The Morgan fingerprint density at radius 3 is 3.18 bits per heavy atom. The summed E-state index contributed by atoms with van der Waals surface area (Å²) in [7, 11) is 0. The summed E-state index contributed by atoms with van der Waals surface area (Å²) < 4.78 is 4.07. The van der Waals surface area contributed by atoms with Gasteiger partial charge in [-0.3, -0.25) is 4.99 Å². The maximum Gasteiger partial charge on any atom is 0.0768 e. The lowest BCUT2D eigenvalue weighted by atomic mass is 10.0. The van der Waals surface area contributed by atoms with Crippen molar-refractivity contribution in [3.8, 4) is 0 Å². The standard InChI is InChI=1S/C8H10N2S/c1-2-4-9-8(3-1)7-5-10-11-6-7/h4-6,8H,1-3H2. The molecule has 1 unspecified atom stereocenters. The Hall–Kier alpha value is -0.700. The average Bonchev–Trinajstić information content (AvgIpc) is 2.58. The van der Waals surface area contributed by atoms with E-state index in [9.17, 15) is 0 Å². The molecule has 1 aliphatic rings. The first-order valence-corrected chi connectivity index (χ1v) is 4.71. The Balaban J connectivity index is 2.16. The maximum atomic E-state index is 4.41. The van der Waals surface area contributed by atoms with Gasteiger partial charge in [0.25, 0.3) is 0 Å². The van der Waals surface area contributed by atoms with E-state index in [2.05, 4.69) is 14.7 Å². The molecule has 1 aromatic rings. The van der Waals surface area contributed by atoms with E-state index in [0.717, 1.165) is 6.42 Å². The van der Waals surface area contributed by atoms with E-state index in [-0.39, 0.29) is 0 Å². The van der Waals surface area contributed by atoms with Gasteiger partial charge in [-0.25, -0.2) is 4.37 Å². The zero-order valence-corrected chi connectivity index (χ0v) is 7.05. The molecule has 58 valence electrons. The van der Waals surface area contributed by atoms with Gasteiger partial charge in [0.15, 0.2) is 0 Å². The third-order valence-corrected chi connectivity index (χ3v) is 2.54. The van der Waals surface area contributed by atoms with Gasteiger partial charge in [0.1, 0.15) is 0 Å². The lowest BCUT2D eigenvalue weighted by Crippen LogP contribution is -1.99. The summed E-state index contributed by atoms with van der Waals surface area (Å²) in [6.07, 6.45) is 7.57. The van der Waals surface area contributed by atoms with Crippen molar-refractivity contribution in [1.29, 1.82) is 0 Å². The summed E-state index contributed by atoms with van der Waals surface area (Å²) >= 11 is 1.51. The highest BCUT2D eigenvalue weighted by atomic mass is 32.1. The van der Waals surface area contributed by atoms with Crippen LogP contribution in [0.4, 0.5) is 0 Å². The minimum Gasteiger partial charge on any atom is -0.289 e. The van der Waals surface area contributed by atoms with Gasteiger partial charge in [0.2, 0.25) is 0 Å². The predicted molar refractivity (Wildman–Crippen MR) is 47.2 cm³/mol. The fraction of sp³-hybridized carbons (Fsp3) is 0.500. The van der Waals surface area contributed by atoms with Gasteiger partial charge < -0.3 is 0 Å². The molecule has 0 amide bonds. The number of rotatable bonds is 1. The number of aliphatic imine (C=N–C) groups is 1. The van der Waals surface area contributed by atoms with Gasteiger partial charge in [0, 0.05) is 17.1 Å². The lowest BCUT2D eigenvalue weighted by molar-refractivity contribution is 0.604. The summed E-state index contributed by atoms with van der Waals surface area (Å²) in [4.78, 5) is 4.41. The first kappa shape index (κ1) is 6.98. The first-order chi connectivity index (χ1) is 5.47. The second-order valence-electron chi connectivity index (χ2n) is 2.74. The molecule has 0 saturated carbocycles. The molecule has 0 N–H and O–H groups in total. The van der Waals surface area contributed by atoms with Gasteiger partial charge in [-0.05, 0) is 37.0 Å². The second-order valence-corrected chi connectivity index (χ2v) is 3.39. The Labute approximate surface area is 70.1 Å². The molecule has 0 aromatic carbocycles. The molecule has 0 spiro atoms. The predicted octanol–water partition coefficient (Wildman–Crippen LogP) is 2.44. The van der Waals surface area contributed by atoms with Crippen LogP contribution in [0.3, 0.4) is 0 Å². The van der Waals surface area contributed by atoms with Crippen LogP contribution in [-0.2, 0) is 0 Å². The molecule has 0 bridgehead atoms. The number of nitrogens with zero attached hydrogens (tertiary/aromatic N) is 2. The van der Waals surface area contributed by atoms with Crippen LogP contribution in [0.25, 0.3) is 0 Å². The van der Waals surface area contributed by atoms with Crippen LogP contribution >= 0.6 is 11.5 Å². The first-order valence-electron chi connectivity index (χ1n) is 3.88. The van der Waals surface area contributed by atoms with Crippen molar-refractivity contribution in [1.82, 2.24) is 4.37 Å². The summed E-state index contributed by atoms with van der Waals surface area (Å²) in [5.41, 5.74) is 1.28. The Kier molecular flexibility index (Phi) is 1.99. The van der Waals surface area contributed by atoms with E-state index in [0.29, 0.717) is 6.04 Å². The molecule has 1 aromatic heterocycles. The third-order valence-electron chi connectivity index (χ3n) is 1.93. The van der Waals surface area contributed by atoms with Gasteiger partial charge in [0.05, 0.1) is 6.04 Å². The van der Waals surface area contributed by atoms with Crippen LogP contribution < -0.4 is 0 Å². The van der Waals surface area contributed by atoms with Crippen molar-refractivity contribution in [3.05, 3.63) is 17.1 Å². The molecular weight excluding hydrogens is 156 g/mol. The van der Waals surface area contributed by atoms with Crippen LogP contribution in [0.5, 0.6) is 0 Å². The molecule has 2 heterocycles. The normalized spacial score (nSPS) is 23.8. The smallest absolute Gasteiger partial charge is 0.0768 e. The molecule has 1 aliphatic heterocycles. The summed E-state index contributed by atoms with van der Waals surface area (Å²) in [6, 6.07) is 0.405. The van der Waals surface area contributed by atoms with Crippen molar-refractivity contribution in [2.24, 2.45) is 4.99 Å². The molecule has 2 nitrogen and oxygen atoms in total. The Morgan fingerprint density at radius 1 is 1.55 bits per heavy atom. The largest absolute Gasteiger partial charge is 0.289 e. The molecule has 0 radical (unpaired) electrons. The van der Waals surface area contributed by atoms with Gasteiger partial charge in [-0.15, -0.1) is 0 Å². The second kappa shape index (κ2) is 3.13. The maximum absolute atomic E-state index is 4.41. The molecule has 2 rings (SSSR count). The molecular formula is C8H10N2S. The van der Waals surface area contributed by atoms with Crippen molar-refractivity contribution >= 4 is 17.7 Å². The van der Waals surface area contributed by atoms with Crippen LogP contribution in [0, 0.1) is 0 Å². The average molecular weight is 166 g/mol. The highest BCUT2D eigenvalue weighted by Gasteiger charge is 2.12. The zero-order valence-electron chi connectivity index (χ0n) is 6.23. The summed E-state index contributed by atoms with van der Waals surface area (Å²) in [5, 5.41) is 2.09. The van der Waals surface area contributed by atoms with E-state index in [1.165, 1.54) is 29.9 Å². The Morgan fingerprint density at radius 2 is 2.55 bits per heavy atom. The Bertz CT molecular complexity index is 241. The summed E-state index contributed by atoms with van der Waals surface area (Å²) in [5.74, 6) is 0. The van der Waals surface area contributed by atoms with Gasteiger partial charge in [-0.2, -0.15) is 0 Å². The zero-order chi connectivity index (χ0) is 7.52. The van der Waals surface area contributed by atoms with Crippen LogP contribution in [0.2, 0.25) is 0 Å². The minimum atomic E-state index is 0.405. The molecule has 11 heavy (non-hydrogen) atoms. The van der Waals surface area contributed by atoms with Crippen molar-refractivity contribution in [2.75, 3.05) is 0 Å². The monoisotopic (exact) mass is 166 g/mol. The summed E-state index contributed by atoms with van der Waals surface area (Å²) in [6.45, 7) is 0. The topological polar surface area (TPSA) is 25.2 Å². The van der Waals surface area contributed by atoms with Crippen LogP contribution in [0.15, 0.2) is 16.6 Å². The van der Waals surface area contributed by atoms with E-state index in [1.54, 1.807) is 0 Å². The SMILES string of the molecule is C1=NC(c2cnsc2)CCC1. The quantitative estimate of drug-likeness (QED) is 0.629. The molecule has 1 atom stereocenters. The van der Waals surface area contributed by atoms with Crippen molar-refractivity contribution in [2.45, 2.75) is 25.3 Å². The fourth-order valence-electron chi connectivity index (χ4n) is 1.31. The molecule has 3 heteroatoms.